The van der Waals surface area contributed by atoms with Crippen LogP contribution in [0.3, 0.4) is 0 Å². The van der Waals surface area contributed by atoms with Gasteiger partial charge in [0, 0.05) is 23.2 Å². The number of hydrogen-bond donors (Lipinski definition) is 1. The van der Waals surface area contributed by atoms with Gasteiger partial charge in [0.25, 0.3) is 0 Å². The molecule has 18 heavy (non-hydrogen) atoms. The van der Waals surface area contributed by atoms with E-state index in [1.54, 1.807) is 12.1 Å². The van der Waals surface area contributed by atoms with Crippen molar-refractivity contribution in [3.8, 4) is 0 Å². The molecule has 0 aliphatic heterocycles. The summed E-state index contributed by atoms with van der Waals surface area (Å²) in [5.41, 5.74) is 0.598. The Morgan fingerprint density at radius 2 is 1.78 bits per heavy atom. The van der Waals surface area contributed by atoms with Gasteiger partial charge in [-0.2, -0.15) is 0 Å². The maximum absolute atomic E-state index is 13.6. The molecule has 0 unspecified atom stereocenters. The summed E-state index contributed by atoms with van der Waals surface area (Å²) in [5.74, 6) is -0.208. The van der Waals surface area contributed by atoms with E-state index in [1.165, 1.54) is 51.0 Å². The predicted octanol–water partition coefficient (Wildman–Crippen LogP) is 4.68. The van der Waals surface area contributed by atoms with E-state index in [-0.39, 0.29) is 5.82 Å². The molecule has 1 fully saturated rings. The zero-order chi connectivity index (χ0) is 12.8. The van der Waals surface area contributed by atoms with Gasteiger partial charge in [0.1, 0.15) is 5.82 Å². The van der Waals surface area contributed by atoms with Crippen LogP contribution in [0.15, 0.2) is 18.2 Å². The largest absolute Gasteiger partial charge is 0.310 e. The van der Waals surface area contributed by atoms with Crippen LogP contribution in [0.25, 0.3) is 0 Å². The smallest absolute Gasteiger partial charge is 0.129 e. The minimum Gasteiger partial charge on any atom is -0.310 e. The zero-order valence-electron chi connectivity index (χ0n) is 10.7. The van der Waals surface area contributed by atoms with Gasteiger partial charge in [-0.15, -0.1) is 0 Å². The topological polar surface area (TPSA) is 12.0 Å². The third-order valence-electron chi connectivity index (χ3n) is 3.73. The number of benzene rings is 1. The van der Waals surface area contributed by atoms with E-state index < -0.39 is 0 Å². The van der Waals surface area contributed by atoms with Gasteiger partial charge in [0.05, 0.1) is 0 Å². The first kappa shape index (κ1) is 13.8. The summed E-state index contributed by atoms with van der Waals surface area (Å²) in [4.78, 5) is 0. The SMILES string of the molecule is Fc1cccc(Cl)c1CNC1CCCCCCC1. The Bertz CT molecular complexity index is 353. The molecule has 3 heteroatoms. The highest BCUT2D eigenvalue weighted by Crippen LogP contribution is 2.21. The molecule has 0 aromatic heterocycles. The fourth-order valence-electron chi connectivity index (χ4n) is 2.61. The average Bonchev–Trinajstić information content (AvgIpc) is 2.30. The molecule has 0 radical (unpaired) electrons. The van der Waals surface area contributed by atoms with Crippen LogP contribution in [0.5, 0.6) is 0 Å². The van der Waals surface area contributed by atoms with Gasteiger partial charge in [-0.3, -0.25) is 0 Å². The molecule has 1 aliphatic carbocycles. The maximum Gasteiger partial charge on any atom is 0.129 e. The van der Waals surface area contributed by atoms with E-state index in [0.29, 0.717) is 23.2 Å². The molecule has 0 heterocycles. The van der Waals surface area contributed by atoms with Crippen molar-refractivity contribution in [1.82, 2.24) is 5.32 Å². The van der Waals surface area contributed by atoms with Crippen molar-refractivity contribution in [2.75, 3.05) is 0 Å². The van der Waals surface area contributed by atoms with Gasteiger partial charge in [-0.25, -0.2) is 4.39 Å². The fourth-order valence-corrected chi connectivity index (χ4v) is 2.84. The quantitative estimate of drug-likeness (QED) is 0.840. The lowest BCUT2D eigenvalue weighted by molar-refractivity contribution is 0.386. The van der Waals surface area contributed by atoms with Crippen molar-refractivity contribution in [2.24, 2.45) is 0 Å². The molecule has 0 bridgehead atoms. The summed E-state index contributed by atoms with van der Waals surface area (Å²) in [6.07, 6.45) is 8.99. The van der Waals surface area contributed by atoms with Crippen LogP contribution in [0, 0.1) is 5.82 Å². The van der Waals surface area contributed by atoms with E-state index in [2.05, 4.69) is 5.32 Å². The van der Waals surface area contributed by atoms with Crippen LogP contribution in [-0.4, -0.2) is 6.04 Å². The van der Waals surface area contributed by atoms with Crippen LogP contribution in [-0.2, 0) is 6.54 Å². The van der Waals surface area contributed by atoms with Crippen molar-refractivity contribution in [3.63, 3.8) is 0 Å². The Kier molecular flexibility index (Phi) is 5.45. The second-order valence-electron chi connectivity index (χ2n) is 5.12. The van der Waals surface area contributed by atoms with E-state index >= 15 is 0 Å². The van der Waals surface area contributed by atoms with E-state index in [1.807, 2.05) is 0 Å². The molecule has 1 aromatic carbocycles. The molecule has 1 nitrogen and oxygen atoms in total. The highest BCUT2D eigenvalue weighted by atomic mass is 35.5. The minimum absolute atomic E-state index is 0.208. The van der Waals surface area contributed by atoms with Crippen LogP contribution < -0.4 is 5.32 Å². The molecule has 2 rings (SSSR count). The second kappa shape index (κ2) is 7.10. The molecule has 1 N–H and O–H groups in total. The van der Waals surface area contributed by atoms with Crippen molar-refractivity contribution < 1.29 is 4.39 Å². The van der Waals surface area contributed by atoms with Crippen LogP contribution >= 0.6 is 11.6 Å². The first-order valence-corrected chi connectivity index (χ1v) is 7.31. The summed E-state index contributed by atoms with van der Waals surface area (Å²) >= 11 is 6.03. The van der Waals surface area contributed by atoms with Crippen LogP contribution in [0.2, 0.25) is 5.02 Å². The lowest BCUT2D eigenvalue weighted by Crippen LogP contribution is -2.29. The van der Waals surface area contributed by atoms with E-state index in [9.17, 15) is 4.39 Å². The minimum atomic E-state index is -0.208. The summed E-state index contributed by atoms with van der Waals surface area (Å²) in [6.45, 7) is 0.538. The van der Waals surface area contributed by atoms with Crippen LogP contribution in [0.4, 0.5) is 4.39 Å². The first-order valence-electron chi connectivity index (χ1n) is 6.93. The molecule has 100 valence electrons. The molecule has 1 saturated carbocycles. The van der Waals surface area contributed by atoms with Crippen molar-refractivity contribution in [3.05, 3.63) is 34.6 Å². The van der Waals surface area contributed by atoms with Gasteiger partial charge in [0.15, 0.2) is 0 Å². The molecule has 1 aromatic rings. The molecule has 1 aliphatic rings. The standard InChI is InChI=1S/C15H21ClFN/c16-14-9-6-10-15(17)13(14)11-18-12-7-4-2-1-3-5-8-12/h6,9-10,12,18H,1-5,7-8,11H2. The second-order valence-corrected chi connectivity index (χ2v) is 5.53. The molecule has 0 amide bonds. The Hall–Kier alpha value is -0.600. The van der Waals surface area contributed by atoms with Gasteiger partial charge < -0.3 is 5.32 Å². The van der Waals surface area contributed by atoms with E-state index in [0.717, 1.165) is 0 Å². The molecule has 0 spiro atoms. The third kappa shape index (κ3) is 3.96. The third-order valence-corrected chi connectivity index (χ3v) is 4.09. The number of halogens is 2. The van der Waals surface area contributed by atoms with Gasteiger partial charge in [0.2, 0.25) is 0 Å². The Labute approximate surface area is 114 Å². The Morgan fingerprint density at radius 3 is 2.44 bits per heavy atom. The Morgan fingerprint density at radius 1 is 1.11 bits per heavy atom. The molecule has 0 saturated heterocycles. The monoisotopic (exact) mass is 269 g/mol. The van der Waals surface area contributed by atoms with Gasteiger partial charge in [-0.05, 0) is 25.0 Å². The summed E-state index contributed by atoms with van der Waals surface area (Å²) in [5, 5.41) is 3.98. The number of nitrogens with one attached hydrogen (secondary N) is 1. The maximum atomic E-state index is 13.6. The lowest BCUT2D eigenvalue weighted by atomic mass is 9.96. The summed E-state index contributed by atoms with van der Waals surface area (Å²) in [6, 6.07) is 5.39. The summed E-state index contributed by atoms with van der Waals surface area (Å²) < 4.78 is 13.6. The number of hydrogen-bond acceptors (Lipinski definition) is 1. The van der Waals surface area contributed by atoms with Crippen molar-refractivity contribution in [2.45, 2.75) is 57.5 Å². The predicted molar refractivity (Wildman–Crippen MR) is 74.4 cm³/mol. The van der Waals surface area contributed by atoms with Crippen molar-refractivity contribution in [1.29, 1.82) is 0 Å². The fraction of sp³-hybridized carbons (Fsp3) is 0.600. The zero-order valence-corrected chi connectivity index (χ0v) is 11.5. The highest BCUT2D eigenvalue weighted by Gasteiger charge is 2.13. The van der Waals surface area contributed by atoms with E-state index in [4.69, 9.17) is 11.6 Å². The number of rotatable bonds is 3. The van der Waals surface area contributed by atoms with Gasteiger partial charge in [-0.1, -0.05) is 49.8 Å². The lowest BCUT2D eigenvalue weighted by Gasteiger charge is -2.21. The molecular formula is C15H21ClFN. The highest BCUT2D eigenvalue weighted by molar-refractivity contribution is 6.31. The average molecular weight is 270 g/mol. The normalized spacial score (nSPS) is 18.3. The first-order chi connectivity index (χ1) is 8.77. The van der Waals surface area contributed by atoms with Crippen molar-refractivity contribution >= 4 is 11.6 Å². The summed E-state index contributed by atoms with van der Waals surface area (Å²) in [7, 11) is 0. The molecule has 0 atom stereocenters. The molecular weight excluding hydrogens is 249 g/mol. The Balaban J connectivity index is 1.89. The van der Waals surface area contributed by atoms with Crippen LogP contribution in [0.1, 0.15) is 50.5 Å². The van der Waals surface area contributed by atoms with Gasteiger partial charge >= 0.3 is 0 Å².